The molecule has 0 saturated carbocycles. The van der Waals surface area contributed by atoms with Gasteiger partial charge in [0.25, 0.3) is 0 Å². The molecule has 1 aliphatic rings. The lowest BCUT2D eigenvalue weighted by atomic mass is 9.90. The molecule has 2 rings (SSSR count). The first-order valence-electron chi connectivity index (χ1n) is 6.89. The highest BCUT2D eigenvalue weighted by molar-refractivity contribution is 9.10. The van der Waals surface area contributed by atoms with Crippen LogP contribution in [0, 0.1) is 11.6 Å². The van der Waals surface area contributed by atoms with Crippen LogP contribution in [0.1, 0.15) is 32.3 Å². The second kappa shape index (κ2) is 6.08. The van der Waals surface area contributed by atoms with E-state index in [2.05, 4.69) is 20.8 Å². The van der Waals surface area contributed by atoms with Crippen LogP contribution >= 0.6 is 15.9 Å². The Kier molecular flexibility index (Phi) is 4.82. The summed E-state index contributed by atoms with van der Waals surface area (Å²) in [5, 5.41) is 10.4. The van der Waals surface area contributed by atoms with Crippen molar-refractivity contribution in [1.29, 1.82) is 0 Å². The maximum atomic E-state index is 14.0. The Balaban J connectivity index is 2.19. The molecule has 2 nitrogen and oxygen atoms in total. The molecule has 0 radical (unpaired) electrons. The topological polar surface area (TPSA) is 23.5 Å². The molecule has 1 atom stereocenters. The maximum absolute atomic E-state index is 14.0. The molecule has 112 valence electrons. The van der Waals surface area contributed by atoms with E-state index in [0.717, 1.165) is 25.9 Å². The smallest absolute Gasteiger partial charge is 0.143 e. The monoisotopic (exact) mass is 347 g/mol. The third-order valence-corrected chi connectivity index (χ3v) is 4.89. The molecule has 5 heteroatoms. The summed E-state index contributed by atoms with van der Waals surface area (Å²) in [6, 6.07) is 2.56. The molecule has 0 aromatic heterocycles. The van der Waals surface area contributed by atoms with Gasteiger partial charge in [-0.15, -0.1) is 0 Å². The Morgan fingerprint density at radius 2 is 1.90 bits per heavy atom. The highest BCUT2D eigenvalue weighted by Crippen LogP contribution is 2.29. The van der Waals surface area contributed by atoms with Gasteiger partial charge in [-0.2, -0.15) is 0 Å². The quantitative estimate of drug-likeness (QED) is 0.842. The summed E-state index contributed by atoms with van der Waals surface area (Å²) in [4.78, 5) is 2.19. The maximum Gasteiger partial charge on any atom is 0.143 e. The van der Waals surface area contributed by atoms with E-state index in [-0.39, 0.29) is 16.5 Å². The first-order valence-corrected chi connectivity index (χ1v) is 7.69. The molecule has 1 unspecified atom stereocenters. The van der Waals surface area contributed by atoms with Gasteiger partial charge in [0.05, 0.1) is 10.6 Å². The number of benzene rings is 1. The highest BCUT2D eigenvalue weighted by atomic mass is 79.9. The van der Waals surface area contributed by atoms with Crippen LogP contribution in [0.3, 0.4) is 0 Å². The van der Waals surface area contributed by atoms with Crippen LogP contribution < -0.4 is 0 Å². The summed E-state index contributed by atoms with van der Waals surface area (Å²) in [5.41, 5.74) is -0.545. The minimum absolute atomic E-state index is 0.0272. The second-order valence-corrected chi connectivity index (χ2v) is 6.74. The third kappa shape index (κ3) is 3.05. The molecule has 1 heterocycles. The first-order chi connectivity index (χ1) is 9.34. The van der Waals surface area contributed by atoms with Crippen LogP contribution in [0.5, 0.6) is 0 Å². The number of likely N-dealkylation sites (tertiary alicyclic amines) is 1. The summed E-state index contributed by atoms with van der Waals surface area (Å²) in [6.45, 7) is 5.70. The Labute approximate surface area is 126 Å². The number of halogens is 3. The van der Waals surface area contributed by atoms with E-state index in [0.29, 0.717) is 0 Å². The van der Waals surface area contributed by atoms with Crippen LogP contribution in [0.4, 0.5) is 8.78 Å². The second-order valence-electron chi connectivity index (χ2n) is 5.89. The first kappa shape index (κ1) is 15.9. The molecule has 0 bridgehead atoms. The molecule has 1 saturated heterocycles. The predicted molar refractivity (Wildman–Crippen MR) is 78.7 cm³/mol. The summed E-state index contributed by atoms with van der Waals surface area (Å²) in [5.74, 6) is -1.23. The lowest BCUT2D eigenvalue weighted by Crippen LogP contribution is -2.52. The van der Waals surface area contributed by atoms with E-state index in [4.69, 9.17) is 0 Å². The van der Waals surface area contributed by atoms with Gasteiger partial charge < -0.3 is 5.11 Å². The summed E-state index contributed by atoms with van der Waals surface area (Å²) >= 11 is 3.05. The lowest BCUT2D eigenvalue weighted by Gasteiger charge is -2.39. The van der Waals surface area contributed by atoms with Gasteiger partial charge in [0.2, 0.25) is 0 Å². The van der Waals surface area contributed by atoms with Gasteiger partial charge in [-0.1, -0.05) is 0 Å². The molecule has 0 aliphatic carbocycles. The van der Waals surface area contributed by atoms with Crippen LogP contribution in [-0.4, -0.2) is 34.7 Å². The van der Waals surface area contributed by atoms with E-state index in [9.17, 15) is 13.9 Å². The normalized spacial score (nSPS) is 18.5. The van der Waals surface area contributed by atoms with Crippen molar-refractivity contribution < 1.29 is 13.9 Å². The number of aliphatic hydroxyl groups excluding tert-OH is 1. The van der Waals surface area contributed by atoms with Crippen molar-refractivity contribution in [2.45, 2.75) is 44.8 Å². The zero-order valence-electron chi connectivity index (χ0n) is 11.8. The van der Waals surface area contributed by atoms with Gasteiger partial charge in [-0.05, 0) is 67.8 Å². The molecule has 1 fully saturated rings. The summed E-state index contributed by atoms with van der Waals surface area (Å²) in [6.07, 6.45) is 1.37. The van der Waals surface area contributed by atoms with Crippen LogP contribution in [0.2, 0.25) is 0 Å². The average molecular weight is 348 g/mol. The van der Waals surface area contributed by atoms with Crippen molar-refractivity contribution >= 4 is 15.9 Å². The Morgan fingerprint density at radius 3 is 2.50 bits per heavy atom. The van der Waals surface area contributed by atoms with Gasteiger partial charge >= 0.3 is 0 Å². The Bertz CT molecular complexity index is 487. The molecular formula is C15H20BrF2NO. The number of aliphatic hydroxyl groups is 1. The standard InChI is InChI=1S/C15H20BrF2NO/c1-15(2,19-7-3-4-8-19)13(20)9-10-12(17)6-5-11(16)14(10)18/h5-6,13,20H,3-4,7-9H2,1-2H3. The van der Waals surface area contributed by atoms with E-state index in [1.165, 1.54) is 12.1 Å². The molecule has 1 N–H and O–H groups in total. The van der Waals surface area contributed by atoms with Crippen molar-refractivity contribution in [2.75, 3.05) is 13.1 Å². The van der Waals surface area contributed by atoms with Crippen LogP contribution in [0.25, 0.3) is 0 Å². The molecule has 20 heavy (non-hydrogen) atoms. The fourth-order valence-electron chi connectivity index (χ4n) is 2.70. The van der Waals surface area contributed by atoms with E-state index in [1.54, 1.807) is 0 Å². The molecule has 1 aromatic carbocycles. The molecule has 1 aliphatic heterocycles. The number of rotatable bonds is 4. The lowest BCUT2D eigenvalue weighted by molar-refractivity contribution is 0.00247. The van der Waals surface area contributed by atoms with Crippen molar-refractivity contribution in [1.82, 2.24) is 4.90 Å². The molecule has 1 aromatic rings. The fourth-order valence-corrected chi connectivity index (χ4v) is 3.07. The van der Waals surface area contributed by atoms with Gasteiger partial charge in [0.1, 0.15) is 11.6 Å². The van der Waals surface area contributed by atoms with E-state index in [1.807, 2.05) is 13.8 Å². The fraction of sp³-hybridized carbons (Fsp3) is 0.600. The van der Waals surface area contributed by atoms with Crippen molar-refractivity contribution in [2.24, 2.45) is 0 Å². The molecular weight excluding hydrogens is 328 g/mol. The van der Waals surface area contributed by atoms with Gasteiger partial charge in [-0.3, -0.25) is 4.90 Å². The van der Waals surface area contributed by atoms with Gasteiger partial charge in [-0.25, -0.2) is 8.78 Å². The summed E-state index contributed by atoms with van der Waals surface area (Å²) < 4.78 is 28.0. The summed E-state index contributed by atoms with van der Waals surface area (Å²) in [7, 11) is 0. The minimum Gasteiger partial charge on any atom is -0.391 e. The van der Waals surface area contributed by atoms with E-state index < -0.39 is 23.3 Å². The average Bonchev–Trinajstić information content (AvgIpc) is 2.93. The third-order valence-electron chi connectivity index (χ3n) is 4.27. The minimum atomic E-state index is -0.820. The SMILES string of the molecule is CC(C)(C(O)Cc1c(F)ccc(Br)c1F)N1CCCC1. The predicted octanol–water partition coefficient (Wildman–Crippen LogP) is 3.51. The number of hydrogen-bond donors (Lipinski definition) is 1. The van der Waals surface area contributed by atoms with Crippen LogP contribution in [0.15, 0.2) is 16.6 Å². The molecule has 0 spiro atoms. The molecule has 0 amide bonds. The van der Waals surface area contributed by atoms with Crippen molar-refractivity contribution in [3.63, 3.8) is 0 Å². The van der Waals surface area contributed by atoms with Crippen molar-refractivity contribution in [3.8, 4) is 0 Å². The van der Waals surface area contributed by atoms with E-state index >= 15 is 0 Å². The Hall–Kier alpha value is -0.520. The largest absolute Gasteiger partial charge is 0.391 e. The van der Waals surface area contributed by atoms with Crippen molar-refractivity contribution in [3.05, 3.63) is 33.8 Å². The zero-order chi connectivity index (χ0) is 14.9. The van der Waals surface area contributed by atoms with Gasteiger partial charge in [0.15, 0.2) is 0 Å². The zero-order valence-corrected chi connectivity index (χ0v) is 13.4. The Morgan fingerprint density at radius 1 is 1.30 bits per heavy atom. The number of hydrogen-bond acceptors (Lipinski definition) is 2. The number of nitrogens with zero attached hydrogens (tertiary/aromatic N) is 1. The van der Waals surface area contributed by atoms with Crippen LogP contribution in [-0.2, 0) is 6.42 Å². The highest BCUT2D eigenvalue weighted by Gasteiger charge is 2.36. The van der Waals surface area contributed by atoms with Gasteiger partial charge in [0, 0.05) is 17.5 Å².